The van der Waals surface area contributed by atoms with E-state index in [-0.39, 0.29) is 29.8 Å². The summed E-state index contributed by atoms with van der Waals surface area (Å²) in [4.78, 5) is 33.7. The average Bonchev–Trinajstić information content (AvgIpc) is 2.80. The zero-order chi connectivity index (χ0) is 22.5. The van der Waals surface area contributed by atoms with Crippen molar-refractivity contribution < 1.29 is 14.0 Å². The molecule has 2 aromatic rings. The highest BCUT2D eigenvalue weighted by atomic mass is 19.1. The van der Waals surface area contributed by atoms with Crippen LogP contribution < -0.4 is 10.6 Å². The van der Waals surface area contributed by atoms with Gasteiger partial charge in [0.15, 0.2) is 0 Å². The minimum absolute atomic E-state index is 0.00721. The lowest BCUT2D eigenvalue weighted by atomic mass is 9.91. The van der Waals surface area contributed by atoms with Crippen LogP contribution in [-0.2, 0) is 0 Å². The summed E-state index contributed by atoms with van der Waals surface area (Å²) in [7, 11) is 2.06. The van der Waals surface area contributed by atoms with E-state index < -0.39 is 0 Å². The van der Waals surface area contributed by atoms with E-state index in [2.05, 4.69) is 27.6 Å². The van der Waals surface area contributed by atoms with E-state index in [1.807, 2.05) is 4.90 Å². The normalized spacial score (nSPS) is 21.8. The van der Waals surface area contributed by atoms with Crippen molar-refractivity contribution in [2.24, 2.45) is 0 Å². The first kappa shape index (κ1) is 22.2. The molecule has 4 rings (SSSR count). The summed E-state index contributed by atoms with van der Waals surface area (Å²) < 4.78 is 13.4. The monoisotopic (exact) mass is 439 g/mol. The van der Waals surface area contributed by atoms with Gasteiger partial charge in [0.05, 0.1) is 11.3 Å². The number of rotatable bonds is 4. The molecule has 0 unspecified atom stereocenters. The van der Waals surface area contributed by atoms with E-state index >= 15 is 0 Å². The van der Waals surface area contributed by atoms with Crippen molar-refractivity contribution in [2.75, 3.05) is 33.2 Å². The van der Waals surface area contributed by atoms with Crippen molar-refractivity contribution in [3.8, 4) is 11.3 Å². The predicted octanol–water partition coefficient (Wildman–Crippen LogP) is 2.89. The Hall–Kier alpha value is -3.00. The number of carbonyl (C=O) groups excluding carboxylic acids is 2. The van der Waals surface area contributed by atoms with E-state index in [1.54, 1.807) is 24.3 Å². The van der Waals surface area contributed by atoms with Crippen LogP contribution in [0.4, 0.5) is 9.18 Å². The maximum Gasteiger partial charge on any atom is 0.317 e. The van der Waals surface area contributed by atoms with Gasteiger partial charge in [0.1, 0.15) is 5.82 Å². The molecule has 2 N–H and O–H groups in total. The molecule has 1 saturated carbocycles. The third-order valence-electron chi connectivity index (χ3n) is 6.27. The van der Waals surface area contributed by atoms with Gasteiger partial charge in [-0.25, -0.2) is 9.18 Å². The summed E-state index contributed by atoms with van der Waals surface area (Å²) in [5.41, 5.74) is 1.75. The fourth-order valence-corrected chi connectivity index (χ4v) is 4.34. The molecule has 1 aliphatic carbocycles. The molecule has 0 radical (unpaired) electrons. The first-order chi connectivity index (χ1) is 15.5. The number of hydrogen-bond acceptors (Lipinski definition) is 4. The molecule has 1 saturated heterocycles. The fourth-order valence-electron chi connectivity index (χ4n) is 4.34. The Morgan fingerprint density at radius 3 is 2.47 bits per heavy atom. The van der Waals surface area contributed by atoms with Crippen molar-refractivity contribution in [2.45, 2.75) is 37.8 Å². The largest absolute Gasteiger partial charge is 0.349 e. The average molecular weight is 440 g/mol. The molecule has 2 fully saturated rings. The number of pyridine rings is 1. The number of hydrogen-bond donors (Lipinski definition) is 2. The number of piperazine rings is 1. The number of nitrogens with one attached hydrogen (secondary N) is 2. The third kappa shape index (κ3) is 5.62. The lowest BCUT2D eigenvalue weighted by molar-refractivity contribution is 0.0922. The second kappa shape index (κ2) is 10.1. The van der Waals surface area contributed by atoms with Crippen molar-refractivity contribution >= 4 is 11.9 Å². The van der Waals surface area contributed by atoms with Gasteiger partial charge < -0.3 is 20.4 Å². The van der Waals surface area contributed by atoms with Crippen molar-refractivity contribution in [1.29, 1.82) is 0 Å². The molecule has 8 heteroatoms. The van der Waals surface area contributed by atoms with Crippen LogP contribution in [-0.4, -0.2) is 72.0 Å². The zero-order valence-electron chi connectivity index (χ0n) is 18.4. The highest BCUT2D eigenvalue weighted by Gasteiger charge is 2.27. The number of nitrogens with zero attached hydrogens (tertiary/aromatic N) is 3. The lowest BCUT2D eigenvalue weighted by Crippen LogP contribution is -2.54. The summed E-state index contributed by atoms with van der Waals surface area (Å²) in [6.45, 7) is 3.27. The number of urea groups is 1. The number of aromatic nitrogens is 1. The minimum atomic E-state index is -0.322. The highest BCUT2D eigenvalue weighted by molar-refractivity contribution is 5.94. The number of halogens is 1. The van der Waals surface area contributed by atoms with Gasteiger partial charge in [-0.15, -0.1) is 0 Å². The Balaban J connectivity index is 1.29. The first-order valence-corrected chi connectivity index (χ1v) is 11.2. The van der Waals surface area contributed by atoms with Crippen molar-refractivity contribution in [3.63, 3.8) is 0 Å². The Morgan fingerprint density at radius 2 is 1.78 bits per heavy atom. The number of carbonyl (C=O) groups is 2. The van der Waals surface area contributed by atoms with Crippen LogP contribution in [0.25, 0.3) is 11.3 Å². The minimum Gasteiger partial charge on any atom is -0.349 e. The van der Waals surface area contributed by atoms with Gasteiger partial charge in [-0.1, -0.05) is 12.1 Å². The van der Waals surface area contributed by atoms with E-state index in [1.165, 1.54) is 18.3 Å². The molecule has 7 nitrogen and oxygen atoms in total. The summed E-state index contributed by atoms with van der Waals surface area (Å²) >= 11 is 0. The lowest BCUT2D eigenvalue weighted by Gasteiger charge is -2.35. The molecule has 2 aliphatic rings. The smallest absolute Gasteiger partial charge is 0.317 e. The first-order valence-electron chi connectivity index (χ1n) is 11.2. The van der Waals surface area contributed by atoms with Gasteiger partial charge in [-0.05, 0) is 57.0 Å². The molecule has 1 aromatic heterocycles. The highest BCUT2D eigenvalue weighted by Crippen LogP contribution is 2.21. The van der Waals surface area contributed by atoms with E-state index in [9.17, 15) is 14.0 Å². The van der Waals surface area contributed by atoms with Crippen LogP contribution in [0.2, 0.25) is 0 Å². The van der Waals surface area contributed by atoms with Crippen molar-refractivity contribution in [3.05, 3.63) is 54.0 Å². The third-order valence-corrected chi connectivity index (χ3v) is 6.27. The molecular weight excluding hydrogens is 409 g/mol. The van der Waals surface area contributed by atoms with Gasteiger partial charge in [-0.3, -0.25) is 9.78 Å². The van der Waals surface area contributed by atoms with Gasteiger partial charge in [0, 0.05) is 50.0 Å². The molecule has 1 aliphatic heterocycles. The Kier molecular flexibility index (Phi) is 6.99. The van der Waals surface area contributed by atoms with Crippen LogP contribution in [0, 0.1) is 5.82 Å². The summed E-state index contributed by atoms with van der Waals surface area (Å²) in [6.07, 6.45) is 5.01. The number of benzene rings is 1. The molecule has 3 amide bonds. The summed E-state index contributed by atoms with van der Waals surface area (Å²) in [5, 5.41) is 6.23. The Morgan fingerprint density at radius 1 is 1.03 bits per heavy atom. The van der Waals surface area contributed by atoms with Crippen LogP contribution in [0.5, 0.6) is 0 Å². The number of amides is 3. The van der Waals surface area contributed by atoms with Gasteiger partial charge in [0.2, 0.25) is 0 Å². The van der Waals surface area contributed by atoms with Crippen LogP contribution in [0.3, 0.4) is 0 Å². The molecule has 1 aromatic carbocycles. The molecular formula is C24H30FN5O2. The molecule has 170 valence electrons. The number of likely N-dealkylation sites (N-methyl/N-ethyl adjacent to an activating group) is 1. The second-order valence-corrected chi connectivity index (χ2v) is 8.72. The maximum atomic E-state index is 13.4. The van der Waals surface area contributed by atoms with Crippen LogP contribution in [0.15, 0.2) is 42.6 Å². The van der Waals surface area contributed by atoms with Gasteiger partial charge in [-0.2, -0.15) is 0 Å². The molecule has 0 bridgehead atoms. The quantitative estimate of drug-likeness (QED) is 0.768. The Labute approximate surface area is 188 Å². The summed E-state index contributed by atoms with van der Waals surface area (Å²) in [6, 6.07) is 9.72. The Bertz CT molecular complexity index is 944. The van der Waals surface area contributed by atoms with Crippen molar-refractivity contribution in [1.82, 2.24) is 25.4 Å². The molecule has 32 heavy (non-hydrogen) atoms. The fraction of sp³-hybridized carbons (Fsp3) is 0.458. The second-order valence-electron chi connectivity index (χ2n) is 8.72. The van der Waals surface area contributed by atoms with Crippen LogP contribution >= 0.6 is 0 Å². The standard InChI is InChI=1S/C24H30FN5O2/c1-29-10-12-30(13-11-29)24(32)28-21-7-3-6-20(15-21)27-23(31)18-8-9-22(26-16-18)17-4-2-5-19(25)14-17/h2,4-5,8-9,14,16,20-21H,3,6-7,10-13,15H2,1H3,(H,27,31)(H,28,32)/t20-,21-/m0/s1. The van der Waals surface area contributed by atoms with Crippen LogP contribution in [0.1, 0.15) is 36.0 Å². The molecule has 2 atom stereocenters. The van der Waals surface area contributed by atoms with E-state index in [0.717, 1.165) is 51.9 Å². The SMILES string of the molecule is CN1CCN(C(=O)N[C@H]2CCC[C@H](NC(=O)c3ccc(-c4cccc(F)c4)nc3)C2)CC1. The topological polar surface area (TPSA) is 77.6 Å². The predicted molar refractivity (Wildman–Crippen MR) is 121 cm³/mol. The van der Waals surface area contributed by atoms with Gasteiger partial charge >= 0.3 is 6.03 Å². The summed E-state index contributed by atoms with van der Waals surface area (Å²) in [5.74, 6) is -0.503. The zero-order valence-corrected chi connectivity index (χ0v) is 18.4. The van der Waals surface area contributed by atoms with E-state index in [4.69, 9.17) is 0 Å². The molecule has 2 heterocycles. The van der Waals surface area contributed by atoms with E-state index in [0.29, 0.717) is 16.8 Å². The van der Waals surface area contributed by atoms with Gasteiger partial charge in [0.25, 0.3) is 5.91 Å². The maximum absolute atomic E-state index is 13.4. The molecule has 0 spiro atoms.